The van der Waals surface area contributed by atoms with E-state index in [2.05, 4.69) is 12.2 Å². The summed E-state index contributed by atoms with van der Waals surface area (Å²) in [5.74, 6) is -0.115. The normalized spacial score (nSPS) is 12.3. The first-order valence-electron chi connectivity index (χ1n) is 10.8. The summed E-state index contributed by atoms with van der Waals surface area (Å²) >= 11 is 0. The van der Waals surface area contributed by atoms with Crippen molar-refractivity contribution >= 4 is 5.91 Å². The largest absolute Gasteiger partial charge is 0.396 e. The molecule has 0 saturated carbocycles. The highest BCUT2D eigenvalue weighted by atomic mass is 16.3. The molecule has 0 fully saturated rings. The predicted octanol–water partition coefficient (Wildman–Crippen LogP) is 5.06. The number of aliphatic hydroxyl groups excluding tert-OH is 2. The fourth-order valence-electron chi connectivity index (χ4n) is 3.11. The zero-order valence-electron chi connectivity index (χ0n) is 16.6. The Hall–Kier alpha value is -0.610. The number of carbonyl (C=O) groups excluding carboxylic acids is 1. The molecule has 150 valence electrons. The lowest BCUT2D eigenvalue weighted by Gasteiger charge is -2.11. The molecule has 0 rings (SSSR count). The van der Waals surface area contributed by atoms with E-state index in [1.165, 1.54) is 83.5 Å². The Morgan fingerprint density at radius 2 is 1.16 bits per heavy atom. The number of hydrogen-bond acceptors (Lipinski definition) is 3. The SMILES string of the molecule is CCCCCCCCCCCCCCCCCC(=O)NC(O)CCO. The topological polar surface area (TPSA) is 69.6 Å². The average molecular weight is 358 g/mol. The van der Waals surface area contributed by atoms with Gasteiger partial charge < -0.3 is 15.5 Å². The van der Waals surface area contributed by atoms with Crippen LogP contribution in [0.15, 0.2) is 0 Å². The molecule has 1 atom stereocenters. The van der Waals surface area contributed by atoms with Crippen LogP contribution in [0, 0.1) is 0 Å². The lowest BCUT2D eigenvalue weighted by atomic mass is 10.0. The summed E-state index contributed by atoms with van der Waals surface area (Å²) in [6.45, 7) is 2.16. The number of amides is 1. The van der Waals surface area contributed by atoms with Crippen molar-refractivity contribution in [3.8, 4) is 0 Å². The molecule has 1 unspecified atom stereocenters. The third-order valence-electron chi connectivity index (χ3n) is 4.74. The molecular formula is C21H43NO3. The molecule has 0 saturated heterocycles. The van der Waals surface area contributed by atoms with Gasteiger partial charge in [0.2, 0.25) is 5.91 Å². The fraction of sp³-hybridized carbons (Fsp3) is 0.952. The summed E-state index contributed by atoms with van der Waals surface area (Å²) in [7, 11) is 0. The molecule has 0 bridgehead atoms. The molecule has 0 spiro atoms. The molecule has 0 radical (unpaired) electrons. The molecule has 0 aromatic carbocycles. The van der Waals surface area contributed by atoms with Crippen LogP contribution in [0.4, 0.5) is 0 Å². The third kappa shape index (κ3) is 19.6. The van der Waals surface area contributed by atoms with E-state index < -0.39 is 6.23 Å². The van der Waals surface area contributed by atoms with Gasteiger partial charge in [-0.3, -0.25) is 4.79 Å². The molecule has 4 heteroatoms. The van der Waals surface area contributed by atoms with Gasteiger partial charge in [-0.2, -0.15) is 0 Å². The number of nitrogens with one attached hydrogen (secondary N) is 1. The first-order valence-corrected chi connectivity index (χ1v) is 10.8. The zero-order valence-corrected chi connectivity index (χ0v) is 16.6. The zero-order chi connectivity index (χ0) is 18.6. The molecule has 4 nitrogen and oxygen atoms in total. The Balaban J connectivity index is 3.15. The lowest BCUT2D eigenvalue weighted by Crippen LogP contribution is -2.35. The Morgan fingerprint density at radius 3 is 1.56 bits per heavy atom. The molecule has 0 aromatic rings. The first-order chi connectivity index (χ1) is 12.2. The molecule has 0 aromatic heterocycles. The van der Waals surface area contributed by atoms with Gasteiger partial charge in [0, 0.05) is 19.4 Å². The number of unbranched alkanes of at least 4 members (excludes halogenated alkanes) is 14. The second-order valence-electron chi connectivity index (χ2n) is 7.30. The molecular weight excluding hydrogens is 314 g/mol. The Kier molecular flexibility index (Phi) is 19.2. The van der Waals surface area contributed by atoms with E-state index in [0.29, 0.717) is 6.42 Å². The van der Waals surface area contributed by atoms with Crippen LogP contribution in [0.1, 0.15) is 116 Å². The van der Waals surface area contributed by atoms with Crippen molar-refractivity contribution < 1.29 is 15.0 Å². The van der Waals surface area contributed by atoms with Gasteiger partial charge in [0.25, 0.3) is 0 Å². The molecule has 25 heavy (non-hydrogen) atoms. The third-order valence-corrected chi connectivity index (χ3v) is 4.74. The van der Waals surface area contributed by atoms with Gasteiger partial charge >= 0.3 is 0 Å². The number of hydrogen-bond donors (Lipinski definition) is 3. The lowest BCUT2D eigenvalue weighted by molar-refractivity contribution is -0.124. The van der Waals surface area contributed by atoms with Crippen molar-refractivity contribution in [3.63, 3.8) is 0 Å². The van der Waals surface area contributed by atoms with E-state index in [-0.39, 0.29) is 18.9 Å². The van der Waals surface area contributed by atoms with E-state index in [9.17, 15) is 9.90 Å². The Labute approximate surface area is 155 Å². The Bertz CT molecular complexity index is 284. The quantitative estimate of drug-likeness (QED) is 0.223. The molecule has 3 N–H and O–H groups in total. The van der Waals surface area contributed by atoms with Crippen molar-refractivity contribution in [1.82, 2.24) is 5.32 Å². The van der Waals surface area contributed by atoms with Gasteiger partial charge in [-0.05, 0) is 6.42 Å². The number of aliphatic hydroxyl groups is 2. The minimum atomic E-state index is -0.908. The maximum Gasteiger partial charge on any atom is 0.221 e. The van der Waals surface area contributed by atoms with Crippen molar-refractivity contribution in [2.45, 2.75) is 122 Å². The smallest absolute Gasteiger partial charge is 0.221 e. The maximum atomic E-state index is 11.5. The van der Waals surface area contributed by atoms with E-state index >= 15 is 0 Å². The highest BCUT2D eigenvalue weighted by Gasteiger charge is 2.07. The second kappa shape index (κ2) is 19.7. The van der Waals surface area contributed by atoms with Crippen molar-refractivity contribution in [3.05, 3.63) is 0 Å². The van der Waals surface area contributed by atoms with Gasteiger partial charge in [-0.25, -0.2) is 0 Å². The molecule has 0 aliphatic carbocycles. The van der Waals surface area contributed by atoms with Crippen LogP contribution < -0.4 is 5.32 Å². The maximum absolute atomic E-state index is 11.5. The van der Waals surface area contributed by atoms with Crippen molar-refractivity contribution in [2.24, 2.45) is 0 Å². The second-order valence-corrected chi connectivity index (χ2v) is 7.30. The van der Waals surface area contributed by atoms with Crippen LogP contribution in [-0.2, 0) is 4.79 Å². The predicted molar refractivity (Wildman–Crippen MR) is 105 cm³/mol. The number of rotatable bonds is 19. The molecule has 1 amide bonds. The van der Waals surface area contributed by atoms with Crippen molar-refractivity contribution in [1.29, 1.82) is 0 Å². The Morgan fingerprint density at radius 1 is 0.760 bits per heavy atom. The van der Waals surface area contributed by atoms with Crippen molar-refractivity contribution in [2.75, 3.05) is 6.61 Å². The van der Waals surface area contributed by atoms with Crippen LogP contribution in [0.5, 0.6) is 0 Å². The average Bonchev–Trinajstić information content (AvgIpc) is 2.58. The van der Waals surface area contributed by atoms with E-state index in [0.717, 1.165) is 12.8 Å². The highest BCUT2D eigenvalue weighted by molar-refractivity contribution is 5.75. The van der Waals surface area contributed by atoms with Crippen LogP contribution in [-0.4, -0.2) is 29.0 Å². The molecule has 0 heterocycles. The fourth-order valence-corrected chi connectivity index (χ4v) is 3.11. The van der Waals surface area contributed by atoms with Crippen LogP contribution in [0.25, 0.3) is 0 Å². The van der Waals surface area contributed by atoms with Crippen LogP contribution in [0.3, 0.4) is 0 Å². The summed E-state index contributed by atoms with van der Waals surface area (Å²) in [6.07, 6.45) is 19.5. The van der Waals surface area contributed by atoms with Gasteiger partial charge in [-0.15, -0.1) is 0 Å². The summed E-state index contributed by atoms with van der Waals surface area (Å²) < 4.78 is 0. The van der Waals surface area contributed by atoms with E-state index in [1.807, 2.05) is 0 Å². The summed E-state index contributed by atoms with van der Waals surface area (Å²) in [4.78, 5) is 11.5. The van der Waals surface area contributed by atoms with Crippen LogP contribution in [0.2, 0.25) is 0 Å². The van der Waals surface area contributed by atoms with Crippen LogP contribution >= 0.6 is 0 Å². The number of carbonyl (C=O) groups is 1. The van der Waals surface area contributed by atoms with Gasteiger partial charge in [0.15, 0.2) is 0 Å². The van der Waals surface area contributed by atoms with Gasteiger partial charge in [0.1, 0.15) is 6.23 Å². The highest BCUT2D eigenvalue weighted by Crippen LogP contribution is 2.13. The molecule has 0 aliphatic heterocycles. The monoisotopic (exact) mass is 357 g/mol. The minimum Gasteiger partial charge on any atom is -0.396 e. The van der Waals surface area contributed by atoms with Gasteiger partial charge in [-0.1, -0.05) is 96.8 Å². The summed E-state index contributed by atoms with van der Waals surface area (Å²) in [5, 5.41) is 20.5. The standard InChI is InChI=1S/C21H43NO3/c1-2-3-4-5-6-7-8-9-10-11-12-13-14-15-16-17-20(24)22-21(25)18-19-23/h21,23,25H,2-19H2,1H3,(H,22,24). The minimum absolute atomic E-state index is 0.111. The summed E-state index contributed by atoms with van der Waals surface area (Å²) in [5.41, 5.74) is 0. The van der Waals surface area contributed by atoms with Gasteiger partial charge in [0.05, 0.1) is 0 Å². The van der Waals surface area contributed by atoms with E-state index in [1.54, 1.807) is 0 Å². The molecule has 0 aliphatic rings. The van der Waals surface area contributed by atoms with E-state index in [4.69, 9.17) is 5.11 Å². The summed E-state index contributed by atoms with van der Waals surface area (Å²) in [6, 6.07) is 0. The first kappa shape index (κ1) is 24.4.